The molecule has 0 saturated heterocycles. The van der Waals surface area contributed by atoms with Crippen molar-refractivity contribution in [3.05, 3.63) is 30.6 Å². The fourth-order valence-corrected chi connectivity index (χ4v) is 2.72. The Balaban J connectivity index is -0.000000132. The van der Waals surface area contributed by atoms with E-state index < -0.39 is 10.2 Å². The van der Waals surface area contributed by atoms with Gasteiger partial charge in [-0.05, 0) is 55.4 Å². The molecule has 32 heavy (non-hydrogen) atoms. The SMILES string of the molecule is CC(C)N(C(=O)COCC(=O)N(C(C)C)C(C)C)C(C)C.O=[N+]([O-])[O-].O=[N+]([O-])[O-].[O-2].[O-2].[U]. The molecule has 15 nitrogen and oxygen atoms in total. The zero-order chi connectivity index (χ0) is 23.9. The second kappa shape index (κ2) is 23.9. The molecule has 0 atom stereocenters. The van der Waals surface area contributed by atoms with Crippen molar-refractivity contribution in [1.82, 2.24) is 9.80 Å². The van der Waals surface area contributed by atoms with Gasteiger partial charge in [0.15, 0.2) is 0 Å². The van der Waals surface area contributed by atoms with Crippen molar-refractivity contribution in [2.24, 2.45) is 0 Å². The normalized spacial score (nSPS) is 9.12. The Labute approximate surface area is 211 Å². The molecule has 0 fully saturated rings. The maximum absolute atomic E-state index is 12.1. The van der Waals surface area contributed by atoms with Gasteiger partial charge >= 0.3 is 0 Å². The largest absolute Gasteiger partial charge is 2.00 e. The van der Waals surface area contributed by atoms with E-state index >= 15 is 0 Å². The summed E-state index contributed by atoms with van der Waals surface area (Å²) >= 11 is 0. The van der Waals surface area contributed by atoms with Crippen LogP contribution >= 0.6 is 0 Å². The Hall–Kier alpha value is -1.73. The molecule has 0 bridgehead atoms. The van der Waals surface area contributed by atoms with Crippen molar-refractivity contribution < 1.29 is 66.6 Å². The number of rotatable bonds is 8. The summed E-state index contributed by atoms with van der Waals surface area (Å²) in [5, 5.41) is 29.5. The van der Waals surface area contributed by atoms with E-state index in [1.807, 2.05) is 55.4 Å². The first kappa shape index (κ1) is 44.0. The van der Waals surface area contributed by atoms with Crippen LogP contribution in [0.3, 0.4) is 0 Å². The van der Waals surface area contributed by atoms with Crippen molar-refractivity contribution in [1.29, 1.82) is 0 Å². The summed E-state index contributed by atoms with van der Waals surface area (Å²) in [6.07, 6.45) is 0. The first-order chi connectivity index (χ1) is 13.1. The summed E-state index contributed by atoms with van der Waals surface area (Å²) in [6, 6.07) is 0.499. The first-order valence-electron chi connectivity index (χ1n) is 8.89. The summed E-state index contributed by atoms with van der Waals surface area (Å²) in [7, 11) is 0. The minimum Gasteiger partial charge on any atom is -2.00 e. The van der Waals surface area contributed by atoms with Crippen molar-refractivity contribution >= 4 is 11.8 Å². The predicted octanol–water partition coefficient (Wildman–Crippen LogP) is 1.58. The van der Waals surface area contributed by atoms with Gasteiger partial charge in [0.25, 0.3) is 0 Å². The maximum atomic E-state index is 12.1. The number of amides is 2. The molecule has 0 aliphatic carbocycles. The summed E-state index contributed by atoms with van der Waals surface area (Å²) in [5.41, 5.74) is 0. The average molecular weight is 694 g/mol. The van der Waals surface area contributed by atoms with Crippen LogP contribution in [0.4, 0.5) is 0 Å². The fraction of sp³-hybridized carbons (Fsp3) is 0.875. The Morgan fingerprint density at radius 3 is 0.938 bits per heavy atom. The van der Waals surface area contributed by atoms with Crippen molar-refractivity contribution in [2.45, 2.75) is 79.6 Å². The number of hydrogen-bond acceptors (Lipinski definition) is 9. The first-order valence-corrected chi connectivity index (χ1v) is 8.89. The summed E-state index contributed by atoms with van der Waals surface area (Å²) in [4.78, 5) is 44.3. The topological polar surface area (TPSA) is 239 Å². The second-order valence-corrected chi connectivity index (χ2v) is 6.92. The van der Waals surface area contributed by atoms with Gasteiger partial charge in [-0.1, -0.05) is 0 Å². The van der Waals surface area contributed by atoms with Crippen molar-refractivity contribution in [2.75, 3.05) is 13.2 Å². The predicted molar refractivity (Wildman–Crippen MR) is 107 cm³/mol. The van der Waals surface area contributed by atoms with Crippen LogP contribution in [-0.2, 0) is 25.3 Å². The molecule has 0 aromatic carbocycles. The zero-order valence-corrected chi connectivity index (χ0v) is 23.7. The third kappa shape index (κ3) is 26.3. The van der Waals surface area contributed by atoms with Gasteiger partial charge in [0, 0.05) is 55.3 Å². The van der Waals surface area contributed by atoms with Gasteiger partial charge in [-0.3, -0.25) is 9.59 Å². The van der Waals surface area contributed by atoms with E-state index in [1.165, 1.54) is 0 Å². The summed E-state index contributed by atoms with van der Waals surface area (Å²) in [6.45, 7) is 15.7. The quantitative estimate of drug-likeness (QED) is 0.264. The van der Waals surface area contributed by atoms with E-state index in [-0.39, 0.29) is 91.3 Å². The molecule has 0 aromatic heterocycles. The third-order valence-electron chi connectivity index (χ3n) is 3.25. The van der Waals surface area contributed by atoms with E-state index in [1.54, 1.807) is 9.80 Å². The van der Waals surface area contributed by atoms with E-state index in [9.17, 15) is 9.59 Å². The van der Waals surface area contributed by atoms with Crippen molar-refractivity contribution in [3.63, 3.8) is 0 Å². The molecule has 0 N–H and O–H groups in total. The molecule has 0 unspecified atom stereocenters. The molecular weight excluding hydrogens is 662 g/mol. The smallest absolute Gasteiger partial charge is 0.249 e. The summed E-state index contributed by atoms with van der Waals surface area (Å²) < 4.78 is 5.34. The van der Waals surface area contributed by atoms with Gasteiger partial charge in [0.1, 0.15) is 13.2 Å². The fourth-order valence-electron chi connectivity index (χ4n) is 2.72. The number of carbonyl (C=O) groups is 2. The van der Waals surface area contributed by atoms with Crippen LogP contribution in [0.15, 0.2) is 0 Å². The summed E-state index contributed by atoms with van der Waals surface area (Å²) in [5.74, 6) is -0.151. The number of carbonyl (C=O) groups excluding carboxylic acids is 2. The van der Waals surface area contributed by atoms with Crippen LogP contribution in [0.2, 0.25) is 0 Å². The van der Waals surface area contributed by atoms with Gasteiger partial charge < -0.3 is 56.1 Å². The number of nitrogens with zero attached hydrogens (tertiary/aromatic N) is 4. The second-order valence-electron chi connectivity index (χ2n) is 6.92. The van der Waals surface area contributed by atoms with Gasteiger partial charge in [-0.25, -0.2) is 0 Å². The Morgan fingerprint density at radius 2 is 0.812 bits per heavy atom. The van der Waals surface area contributed by atoms with Gasteiger partial charge in [0.05, 0.1) is 10.2 Å². The maximum Gasteiger partial charge on any atom is 0.249 e. The molecule has 0 aliphatic heterocycles. The molecule has 0 spiro atoms. The molecule has 0 saturated carbocycles. The molecule has 0 aromatic rings. The van der Waals surface area contributed by atoms with Crippen LogP contribution < -0.4 is 0 Å². The molecule has 16 heteroatoms. The Bertz CT molecular complexity index is 452. The van der Waals surface area contributed by atoms with E-state index in [4.69, 9.17) is 35.4 Å². The standard InChI is InChI=1S/C16H32N2O3.2NO3.2O.U/c1-11(2)17(12(3)4)15(19)9-21-10-16(20)18(13(5)6)14(7)8;2*2-1(3)4;;;/h11-14H,9-10H2,1-8H3;;;;;/q;2*-1;2*-2;. The van der Waals surface area contributed by atoms with E-state index in [0.717, 1.165) is 0 Å². The van der Waals surface area contributed by atoms with Gasteiger partial charge in [0.2, 0.25) is 11.8 Å². The van der Waals surface area contributed by atoms with E-state index in [0.29, 0.717) is 0 Å². The number of ether oxygens (including phenoxy) is 1. The monoisotopic (exact) mass is 694 g/mol. The molecule has 192 valence electrons. The molecule has 0 radical (unpaired) electrons. The molecule has 0 aliphatic rings. The minimum absolute atomic E-state index is 0. The number of hydrogen-bond donors (Lipinski definition) is 0. The average Bonchev–Trinajstić information content (AvgIpc) is 2.43. The zero-order valence-electron chi connectivity index (χ0n) is 19.5. The Morgan fingerprint density at radius 1 is 0.656 bits per heavy atom. The third-order valence-corrected chi connectivity index (χ3v) is 3.25. The van der Waals surface area contributed by atoms with Crippen LogP contribution in [0.25, 0.3) is 0 Å². The van der Waals surface area contributed by atoms with Crippen LogP contribution in [0, 0.1) is 61.8 Å². The minimum atomic E-state index is -1.75. The van der Waals surface area contributed by atoms with Gasteiger partial charge in [-0.15, -0.1) is 0 Å². The molecule has 2 amide bonds. The van der Waals surface area contributed by atoms with Crippen molar-refractivity contribution in [3.8, 4) is 0 Å². The van der Waals surface area contributed by atoms with Crippen LogP contribution in [-0.4, -0.2) is 69.2 Å². The molecular formula is C16H32N4O11U-6. The molecule has 0 rings (SSSR count). The molecule has 0 heterocycles. The van der Waals surface area contributed by atoms with Crippen LogP contribution in [0.5, 0.6) is 0 Å². The van der Waals surface area contributed by atoms with Gasteiger partial charge in [-0.2, -0.15) is 0 Å². The van der Waals surface area contributed by atoms with Crippen LogP contribution in [0.1, 0.15) is 55.4 Å². The van der Waals surface area contributed by atoms with E-state index in [2.05, 4.69) is 0 Å². The Kier molecular flexibility index (Phi) is 32.9.